The maximum absolute atomic E-state index is 11.3. The highest BCUT2D eigenvalue weighted by molar-refractivity contribution is 7.99. The van der Waals surface area contributed by atoms with Crippen molar-refractivity contribution in [3.63, 3.8) is 0 Å². The summed E-state index contributed by atoms with van der Waals surface area (Å²) in [6, 6.07) is 9.75. The van der Waals surface area contributed by atoms with Gasteiger partial charge in [0, 0.05) is 17.2 Å². The van der Waals surface area contributed by atoms with Gasteiger partial charge in [-0.3, -0.25) is 4.79 Å². The van der Waals surface area contributed by atoms with Crippen LogP contribution in [0.2, 0.25) is 0 Å². The van der Waals surface area contributed by atoms with E-state index in [-0.39, 0.29) is 11.9 Å². The van der Waals surface area contributed by atoms with Crippen LogP contribution in [0, 0.1) is 0 Å². The third-order valence-corrected chi connectivity index (χ3v) is 3.20. The number of thioether (sulfide) groups is 1. The van der Waals surface area contributed by atoms with Crippen LogP contribution in [0.25, 0.3) is 0 Å². The molecule has 0 heterocycles. The number of benzene rings is 1. The quantitative estimate of drug-likeness (QED) is 0.585. The fourth-order valence-electron chi connectivity index (χ4n) is 1.18. The van der Waals surface area contributed by atoms with Gasteiger partial charge in [0.2, 0.25) is 5.91 Å². The summed E-state index contributed by atoms with van der Waals surface area (Å²) < 4.78 is 0. The van der Waals surface area contributed by atoms with Crippen LogP contribution in [0.3, 0.4) is 0 Å². The molecular formula is C12H18N2OS. The SMILES string of the molecule is CC[C@H](N)C(=O)NCCSc1ccccc1. The molecule has 0 aliphatic carbocycles. The highest BCUT2D eigenvalue weighted by atomic mass is 32.2. The van der Waals surface area contributed by atoms with Crippen LogP contribution in [0.1, 0.15) is 13.3 Å². The van der Waals surface area contributed by atoms with E-state index in [0.29, 0.717) is 13.0 Å². The van der Waals surface area contributed by atoms with Crippen LogP contribution in [-0.4, -0.2) is 24.2 Å². The van der Waals surface area contributed by atoms with Crippen molar-refractivity contribution < 1.29 is 4.79 Å². The maximum atomic E-state index is 11.3. The molecular weight excluding hydrogens is 220 g/mol. The van der Waals surface area contributed by atoms with Crippen molar-refractivity contribution in [2.45, 2.75) is 24.3 Å². The second kappa shape index (κ2) is 7.30. The van der Waals surface area contributed by atoms with Crippen molar-refractivity contribution in [1.82, 2.24) is 5.32 Å². The number of carbonyl (C=O) groups excluding carboxylic acids is 1. The van der Waals surface area contributed by atoms with Crippen molar-refractivity contribution >= 4 is 17.7 Å². The monoisotopic (exact) mass is 238 g/mol. The zero-order valence-corrected chi connectivity index (χ0v) is 10.3. The molecule has 0 radical (unpaired) electrons. The van der Waals surface area contributed by atoms with Crippen LogP contribution < -0.4 is 11.1 Å². The molecule has 88 valence electrons. The molecule has 0 fully saturated rings. The lowest BCUT2D eigenvalue weighted by molar-refractivity contribution is -0.122. The normalized spacial score (nSPS) is 12.1. The third kappa shape index (κ3) is 4.68. The van der Waals surface area contributed by atoms with Gasteiger partial charge in [0.25, 0.3) is 0 Å². The summed E-state index contributed by atoms with van der Waals surface area (Å²) in [5, 5.41) is 2.82. The molecule has 3 N–H and O–H groups in total. The summed E-state index contributed by atoms with van der Waals surface area (Å²) in [5.74, 6) is 0.808. The first-order chi connectivity index (χ1) is 7.74. The molecule has 4 heteroatoms. The van der Waals surface area contributed by atoms with Crippen molar-refractivity contribution in [3.8, 4) is 0 Å². The minimum Gasteiger partial charge on any atom is -0.354 e. The number of nitrogens with one attached hydrogen (secondary N) is 1. The summed E-state index contributed by atoms with van der Waals surface area (Å²) >= 11 is 1.73. The molecule has 0 aliphatic rings. The van der Waals surface area contributed by atoms with Crippen molar-refractivity contribution in [2.75, 3.05) is 12.3 Å². The highest BCUT2D eigenvalue weighted by Crippen LogP contribution is 2.15. The van der Waals surface area contributed by atoms with Crippen LogP contribution >= 0.6 is 11.8 Å². The molecule has 3 nitrogen and oxygen atoms in total. The first kappa shape index (κ1) is 13.1. The molecule has 1 amide bonds. The standard InChI is InChI=1S/C12H18N2OS/c1-2-11(13)12(15)14-8-9-16-10-6-4-3-5-7-10/h3-7,11H,2,8-9,13H2,1H3,(H,14,15)/t11-/m0/s1. The fourth-order valence-corrected chi connectivity index (χ4v) is 1.97. The number of carbonyl (C=O) groups is 1. The molecule has 0 aromatic heterocycles. The lowest BCUT2D eigenvalue weighted by Crippen LogP contribution is -2.40. The van der Waals surface area contributed by atoms with Crippen LogP contribution in [0.15, 0.2) is 35.2 Å². The molecule has 0 spiro atoms. The Balaban J connectivity index is 2.15. The minimum absolute atomic E-state index is 0.0591. The summed E-state index contributed by atoms with van der Waals surface area (Å²) in [7, 11) is 0. The van der Waals surface area contributed by atoms with Gasteiger partial charge in [0.1, 0.15) is 0 Å². The van der Waals surface area contributed by atoms with E-state index in [4.69, 9.17) is 5.73 Å². The first-order valence-corrected chi connectivity index (χ1v) is 6.43. The summed E-state index contributed by atoms with van der Waals surface area (Å²) in [6.07, 6.45) is 0.678. The first-order valence-electron chi connectivity index (χ1n) is 5.45. The van der Waals surface area contributed by atoms with Gasteiger partial charge in [-0.25, -0.2) is 0 Å². The summed E-state index contributed by atoms with van der Waals surface area (Å²) in [4.78, 5) is 12.6. The molecule has 1 atom stereocenters. The van der Waals surface area contributed by atoms with Crippen molar-refractivity contribution in [3.05, 3.63) is 30.3 Å². The average molecular weight is 238 g/mol. The van der Waals surface area contributed by atoms with Gasteiger partial charge in [0.05, 0.1) is 6.04 Å². The summed E-state index contributed by atoms with van der Waals surface area (Å²) in [5.41, 5.74) is 5.59. The Kier molecular flexibility index (Phi) is 5.96. The molecule has 0 saturated heterocycles. The lowest BCUT2D eigenvalue weighted by Gasteiger charge is -2.09. The van der Waals surface area contributed by atoms with E-state index < -0.39 is 0 Å². The Morgan fingerprint density at radius 1 is 1.44 bits per heavy atom. The van der Waals surface area contributed by atoms with Gasteiger partial charge < -0.3 is 11.1 Å². The molecule has 0 bridgehead atoms. The van der Waals surface area contributed by atoms with E-state index in [9.17, 15) is 4.79 Å². The second-order valence-electron chi connectivity index (χ2n) is 3.47. The molecule has 16 heavy (non-hydrogen) atoms. The van der Waals surface area contributed by atoms with E-state index in [2.05, 4.69) is 17.4 Å². The molecule has 0 aliphatic heterocycles. The van der Waals surface area contributed by atoms with Gasteiger partial charge >= 0.3 is 0 Å². The maximum Gasteiger partial charge on any atom is 0.236 e. The fraction of sp³-hybridized carbons (Fsp3) is 0.417. The van der Waals surface area contributed by atoms with Crippen molar-refractivity contribution in [2.24, 2.45) is 5.73 Å². The molecule has 1 rings (SSSR count). The smallest absolute Gasteiger partial charge is 0.236 e. The van der Waals surface area contributed by atoms with Gasteiger partial charge in [-0.2, -0.15) is 0 Å². The summed E-state index contributed by atoms with van der Waals surface area (Å²) in [6.45, 7) is 2.56. The van der Waals surface area contributed by atoms with Gasteiger partial charge in [-0.05, 0) is 18.6 Å². The topological polar surface area (TPSA) is 55.1 Å². The van der Waals surface area contributed by atoms with E-state index >= 15 is 0 Å². The van der Waals surface area contributed by atoms with Gasteiger partial charge in [-0.15, -0.1) is 11.8 Å². The zero-order valence-electron chi connectivity index (χ0n) is 9.48. The Hall–Kier alpha value is -1.00. The molecule has 1 aromatic carbocycles. The number of amides is 1. The Bertz CT molecular complexity index is 316. The Labute approximate surface area is 101 Å². The number of rotatable bonds is 6. The van der Waals surface area contributed by atoms with E-state index in [1.54, 1.807) is 11.8 Å². The van der Waals surface area contributed by atoms with Crippen LogP contribution in [-0.2, 0) is 4.79 Å². The predicted octanol–water partition coefficient (Wildman–Crippen LogP) is 1.63. The minimum atomic E-state index is -0.373. The number of hydrogen-bond acceptors (Lipinski definition) is 3. The van der Waals surface area contributed by atoms with E-state index in [0.717, 1.165) is 5.75 Å². The molecule has 0 saturated carbocycles. The Morgan fingerprint density at radius 3 is 2.75 bits per heavy atom. The van der Waals surface area contributed by atoms with Crippen molar-refractivity contribution in [1.29, 1.82) is 0 Å². The predicted molar refractivity (Wildman–Crippen MR) is 68.4 cm³/mol. The molecule has 1 aromatic rings. The second-order valence-corrected chi connectivity index (χ2v) is 4.64. The Morgan fingerprint density at radius 2 is 2.12 bits per heavy atom. The third-order valence-electron chi connectivity index (χ3n) is 2.19. The zero-order chi connectivity index (χ0) is 11.8. The highest BCUT2D eigenvalue weighted by Gasteiger charge is 2.08. The average Bonchev–Trinajstić information content (AvgIpc) is 2.34. The van der Waals surface area contributed by atoms with Crippen LogP contribution in [0.4, 0.5) is 0 Å². The van der Waals surface area contributed by atoms with Gasteiger partial charge in [0.15, 0.2) is 0 Å². The number of hydrogen-bond donors (Lipinski definition) is 2. The van der Waals surface area contributed by atoms with Gasteiger partial charge in [-0.1, -0.05) is 25.1 Å². The van der Waals surface area contributed by atoms with E-state index in [1.807, 2.05) is 25.1 Å². The lowest BCUT2D eigenvalue weighted by atomic mass is 10.2. The number of nitrogens with two attached hydrogens (primary N) is 1. The van der Waals surface area contributed by atoms with Crippen LogP contribution in [0.5, 0.6) is 0 Å². The molecule has 0 unspecified atom stereocenters. The largest absolute Gasteiger partial charge is 0.354 e. The van der Waals surface area contributed by atoms with E-state index in [1.165, 1.54) is 4.90 Å².